The lowest BCUT2D eigenvalue weighted by Crippen LogP contribution is -2.64. The first-order valence-electron chi connectivity index (χ1n) is 16.8. The Hall–Kier alpha value is -4.70. The summed E-state index contributed by atoms with van der Waals surface area (Å²) in [5, 5.41) is 106. The molecule has 32 nitrogen and oxygen atoms in total. The molecule has 20 atom stereocenters. The average molecular weight is 815 g/mol. The average Bonchev–Trinajstić information content (AvgIpc) is 3.19. The monoisotopic (exact) mass is 814 g/mol. The fraction of sp³-hybridized carbons (Fsp3) is 1.00. The van der Waals surface area contributed by atoms with Gasteiger partial charge in [0.2, 0.25) is 0 Å². The predicted octanol–water partition coefficient (Wildman–Crippen LogP) is -1.03. The summed E-state index contributed by atoms with van der Waals surface area (Å²) in [5.74, 6) is 0. The van der Waals surface area contributed by atoms with Gasteiger partial charge in [-0.1, -0.05) is 30.7 Å². The normalized spacial score (nSPS) is 42.9. The second kappa shape index (κ2) is 21.2. The summed E-state index contributed by atoms with van der Waals surface area (Å²) >= 11 is 0. The molecule has 2 saturated heterocycles. The van der Waals surface area contributed by atoms with Gasteiger partial charge >= 0.3 is 0 Å². The molecule has 0 amide bonds. The Labute approximate surface area is 317 Å². The third kappa shape index (κ3) is 10.1. The molecule has 2 aliphatic heterocycles. The molecular weight excluding hydrogens is 776 g/mol. The molecule has 2 aliphatic carbocycles. The van der Waals surface area contributed by atoms with Crippen molar-refractivity contribution in [3.8, 4) is 0 Å². The van der Waals surface area contributed by atoms with E-state index in [9.17, 15) is 51.9 Å². The zero-order valence-corrected chi connectivity index (χ0v) is 29.2. The number of aliphatic hydroxyl groups is 8. The lowest BCUT2D eigenvalue weighted by molar-refractivity contribution is -0.320. The molecule has 0 aromatic heterocycles. The molecule has 4 rings (SSSR count). The van der Waals surface area contributed by atoms with Gasteiger partial charge in [-0.05, 0) is 46.0 Å². The maximum Gasteiger partial charge on any atom is 0.169 e. The number of rotatable bonds is 16. The molecule has 4 fully saturated rings. The molecule has 0 aromatic carbocycles. The number of hydrogen-bond donors (Lipinski definition) is 8. The van der Waals surface area contributed by atoms with Crippen LogP contribution >= 0.6 is 0 Å². The third-order valence-electron chi connectivity index (χ3n) is 9.80. The van der Waals surface area contributed by atoms with Gasteiger partial charge in [0, 0.05) is 29.5 Å². The van der Waals surface area contributed by atoms with Crippen LogP contribution < -0.4 is 0 Å². The Balaban J connectivity index is 1.58. The van der Waals surface area contributed by atoms with E-state index in [1.165, 1.54) is 0 Å². The highest BCUT2D eigenvalue weighted by atomic mass is 16.7. The van der Waals surface area contributed by atoms with Crippen molar-refractivity contribution in [2.45, 2.75) is 135 Å². The summed E-state index contributed by atoms with van der Waals surface area (Å²) in [4.78, 5) is 16.0. The standard InChI is InChI=1S/C25H38N18O14/c26-38-32-6-1-8(34-40-28)20(18(50)14(6)46)56-24-12(36-42-30)22(16(48)10(3-44)54-24)52-5-53-23-13(37-43-31)25(55-11(4-45)17(23)49)57-21-9(35-41-29)2-7(33-39-27)15(47)19(21)51/h6-25,44-51H,1-5H2/t6-,7+,8?,9?,10?,11?,12+,13?,14-,15?,16-,17+,18?,19+,20-,21+,22?,23+,24-,25+/m0/s1. The third-order valence-corrected chi connectivity index (χ3v) is 9.80. The minimum absolute atomic E-state index is 0.308. The van der Waals surface area contributed by atoms with E-state index in [2.05, 4.69) is 60.2 Å². The van der Waals surface area contributed by atoms with Crippen LogP contribution in [0.4, 0.5) is 0 Å². The van der Waals surface area contributed by atoms with Crippen molar-refractivity contribution in [3.05, 3.63) is 62.7 Å². The maximum absolute atomic E-state index is 11.1. The second-order valence-corrected chi connectivity index (χ2v) is 12.9. The summed E-state index contributed by atoms with van der Waals surface area (Å²) in [6.07, 6.45) is -24.7. The van der Waals surface area contributed by atoms with E-state index in [1.54, 1.807) is 0 Å². The molecule has 57 heavy (non-hydrogen) atoms. The van der Waals surface area contributed by atoms with Gasteiger partial charge in [-0.15, -0.1) is 0 Å². The summed E-state index contributed by atoms with van der Waals surface area (Å²) < 4.78 is 34.3. The van der Waals surface area contributed by atoms with Gasteiger partial charge in [0.1, 0.15) is 67.7 Å². The topological polar surface area (TPSA) is 510 Å². The van der Waals surface area contributed by atoms with Crippen LogP contribution in [0.3, 0.4) is 0 Å². The van der Waals surface area contributed by atoms with Crippen LogP contribution in [0, 0.1) is 0 Å². The zero-order valence-electron chi connectivity index (χ0n) is 29.2. The van der Waals surface area contributed by atoms with E-state index >= 15 is 0 Å². The van der Waals surface area contributed by atoms with Crippen molar-refractivity contribution in [2.75, 3.05) is 20.0 Å². The van der Waals surface area contributed by atoms with Crippen LogP contribution in [-0.4, -0.2) is 183 Å². The van der Waals surface area contributed by atoms with Gasteiger partial charge < -0.3 is 69.3 Å². The molecular formula is C25H38N18O14. The van der Waals surface area contributed by atoms with Gasteiger partial charge in [-0.3, -0.25) is 0 Å². The summed E-state index contributed by atoms with van der Waals surface area (Å²) in [5.41, 5.74) is 54.8. The smallest absolute Gasteiger partial charge is 0.169 e. The summed E-state index contributed by atoms with van der Waals surface area (Å²) in [7, 11) is 0. The molecule has 312 valence electrons. The first kappa shape index (κ1) is 45.0. The number of azide groups is 6. The van der Waals surface area contributed by atoms with Crippen molar-refractivity contribution >= 4 is 0 Å². The Morgan fingerprint density at radius 3 is 1.11 bits per heavy atom. The van der Waals surface area contributed by atoms with E-state index in [4.69, 9.17) is 50.5 Å². The van der Waals surface area contributed by atoms with Crippen LogP contribution in [0.5, 0.6) is 0 Å². The highest BCUT2D eigenvalue weighted by molar-refractivity contribution is 5.04. The molecule has 32 heteroatoms. The van der Waals surface area contributed by atoms with Gasteiger partial charge in [-0.2, -0.15) is 0 Å². The number of ether oxygens (including phenoxy) is 6. The van der Waals surface area contributed by atoms with Crippen LogP contribution in [0.1, 0.15) is 12.8 Å². The Kier molecular flexibility index (Phi) is 16.7. The van der Waals surface area contributed by atoms with E-state index < -0.39 is 142 Å². The first-order valence-corrected chi connectivity index (χ1v) is 16.8. The highest BCUT2D eigenvalue weighted by Gasteiger charge is 2.53. The molecule has 0 radical (unpaired) electrons. The molecule has 8 N–H and O–H groups in total. The fourth-order valence-corrected chi connectivity index (χ4v) is 7.00. The van der Waals surface area contributed by atoms with E-state index in [1.807, 2.05) is 0 Å². The molecule has 0 spiro atoms. The van der Waals surface area contributed by atoms with Crippen molar-refractivity contribution in [1.82, 2.24) is 0 Å². The van der Waals surface area contributed by atoms with E-state index in [-0.39, 0.29) is 12.8 Å². The second-order valence-electron chi connectivity index (χ2n) is 12.9. The summed E-state index contributed by atoms with van der Waals surface area (Å²) in [6, 6.07) is -8.46. The highest BCUT2D eigenvalue weighted by Crippen LogP contribution is 2.36. The lowest BCUT2D eigenvalue weighted by atomic mass is 9.84. The number of aliphatic hydroxyl groups excluding tert-OH is 8. The molecule has 0 bridgehead atoms. The first-order chi connectivity index (χ1) is 27.4. The molecule has 8 unspecified atom stereocenters. The minimum Gasteiger partial charge on any atom is -0.394 e. The SMILES string of the molecule is [N-]=[N+]=NC1C[C@H](N=[N+]=[N-])[C@H](O)C(O)[C@H]1O[C@@H]1OC(CO)[C@H](O)C(OCO[C@@H]2C(N=[N+]=[N-])[C@@H](O[C@@H]3C(N=[N+]=[N-])C[C@@H](N=[N+]=[N-])C(O)[C@H]3O)OC(CO)[C@H]2O)[C@H]1N=[N+]=[N-]. The van der Waals surface area contributed by atoms with Gasteiger partial charge in [0.15, 0.2) is 12.6 Å². The maximum atomic E-state index is 11.1. The van der Waals surface area contributed by atoms with Gasteiger partial charge in [-0.25, -0.2) is 0 Å². The minimum atomic E-state index is -1.88. The van der Waals surface area contributed by atoms with Crippen molar-refractivity contribution in [1.29, 1.82) is 0 Å². The Morgan fingerprint density at radius 2 is 0.789 bits per heavy atom. The predicted molar refractivity (Wildman–Crippen MR) is 179 cm³/mol. The molecule has 4 aliphatic rings. The van der Waals surface area contributed by atoms with Crippen molar-refractivity contribution < 1.29 is 69.3 Å². The van der Waals surface area contributed by atoms with Crippen molar-refractivity contribution in [2.24, 2.45) is 30.7 Å². The van der Waals surface area contributed by atoms with Crippen molar-refractivity contribution in [3.63, 3.8) is 0 Å². The lowest BCUT2D eigenvalue weighted by Gasteiger charge is -2.47. The summed E-state index contributed by atoms with van der Waals surface area (Å²) in [6.45, 7) is -2.75. The zero-order chi connectivity index (χ0) is 41.8. The Morgan fingerprint density at radius 1 is 0.456 bits per heavy atom. The van der Waals surface area contributed by atoms with Gasteiger partial charge in [0.05, 0.1) is 61.8 Å². The molecule has 0 aromatic rings. The van der Waals surface area contributed by atoms with Crippen LogP contribution in [0.2, 0.25) is 0 Å². The fourth-order valence-electron chi connectivity index (χ4n) is 7.00. The van der Waals surface area contributed by atoms with Crippen LogP contribution in [0.15, 0.2) is 30.7 Å². The quantitative estimate of drug-likeness (QED) is 0.0400. The van der Waals surface area contributed by atoms with E-state index in [0.717, 1.165) is 0 Å². The molecule has 2 heterocycles. The number of hydrogen-bond acceptors (Lipinski definition) is 20. The van der Waals surface area contributed by atoms with E-state index in [0.29, 0.717) is 0 Å². The molecule has 2 saturated carbocycles. The number of nitrogens with zero attached hydrogens (tertiary/aromatic N) is 18. The Bertz CT molecular complexity index is 1550. The van der Waals surface area contributed by atoms with Gasteiger partial charge in [0.25, 0.3) is 0 Å². The van der Waals surface area contributed by atoms with Crippen LogP contribution in [-0.2, 0) is 28.4 Å². The largest absolute Gasteiger partial charge is 0.394 e. The van der Waals surface area contributed by atoms with Crippen LogP contribution in [0.25, 0.3) is 62.7 Å².